The van der Waals surface area contributed by atoms with Crippen LogP contribution in [0.1, 0.15) is 49.1 Å². The van der Waals surface area contributed by atoms with Gasteiger partial charge in [0.25, 0.3) is 0 Å². The summed E-state index contributed by atoms with van der Waals surface area (Å²) in [5, 5.41) is 11.3. The van der Waals surface area contributed by atoms with Gasteiger partial charge in [-0.05, 0) is 54.2 Å². The molecule has 0 amide bonds. The Balaban J connectivity index is 1.95. The fourth-order valence-corrected chi connectivity index (χ4v) is 4.34. The van der Waals surface area contributed by atoms with E-state index in [0.29, 0.717) is 40.6 Å². The summed E-state index contributed by atoms with van der Waals surface area (Å²) < 4.78 is 47.9. The molecule has 3 rings (SSSR count). The van der Waals surface area contributed by atoms with Crippen LogP contribution in [0.15, 0.2) is 36.2 Å². The normalized spacial score (nSPS) is 16.6. The number of aliphatic hydroxyl groups is 1. The molecule has 0 radical (unpaired) electrons. The summed E-state index contributed by atoms with van der Waals surface area (Å²) >= 11 is 6.21. The molecule has 8 heteroatoms. The number of fused-ring (bicyclic) bond motifs is 1. The molecule has 1 aromatic heterocycles. The lowest BCUT2D eigenvalue weighted by Gasteiger charge is -2.38. The molecule has 2 aromatic rings. The first kappa shape index (κ1) is 23.4. The maximum absolute atomic E-state index is 14.1. The molecule has 0 bridgehead atoms. The molecule has 4 nitrogen and oxygen atoms in total. The summed E-state index contributed by atoms with van der Waals surface area (Å²) in [6, 6.07) is 6.75. The second kappa shape index (κ2) is 8.36. The quantitative estimate of drug-likeness (QED) is 0.619. The van der Waals surface area contributed by atoms with E-state index in [-0.39, 0.29) is 5.70 Å². The van der Waals surface area contributed by atoms with Crippen molar-refractivity contribution >= 4 is 17.7 Å². The van der Waals surface area contributed by atoms with Gasteiger partial charge in [-0.2, -0.15) is 13.2 Å². The minimum Gasteiger partial charge on any atom is -0.493 e. The third-order valence-corrected chi connectivity index (χ3v) is 5.84. The maximum atomic E-state index is 14.1. The van der Waals surface area contributed by atoms with E-state index in [1.165, 1.54) is 6.08 Å². The van der Waals surface area contributed by atoms with Gasteiger partial charge in [0.1, 0.15) is 5.75 Å². The van der Waals surface area contributed by atoms with Crippen molar-refractivity contribution < 1.29 is 23.0 Å². The topological polar surface area (TPSA) is 68.4 Å². The number of benzene rings is 1. The lowest BCUT2D eigenvalue weighted by molar-refractivity contribution is -0.266. The summed E-state index contributed by atoms with van der Waals surface area (Å²) in [5.74, 6) is 0.549. The molecule has 0 aliphatic carbocycles. The second-order valence-electron chi connectivity index (χ2n) is 8.70. The molecular formula is C23H26ClF3N2O2. The van der Waals surface area contributed by atoms with Gasteiger partial charge in [0, 0.05) is 41.0 Å². The molecule has 1 atom stereocenters. The highest BCUT2D eigenvalue weighted by atomic mass is 35.5. The predicted octanol–water partition coefficient (Wildman–Crippen LogP) is 5.33. The molecule has 0 saturated heterocycles. The Morgan fingerprint density at radius 3 is 2.68 bits per heavy atom. The van der Waals surface area contributed by atoms with Gasteiger partial charge in [0.05, 0.1) is 6.61 Å². The molecule has 31 heavy (non-hydrogen) atoms. The molecular weight excluding hydrogens is 429 g/mol. The van der Waals surface area contributed by atoms with Crippen LogP contribution >= 0.6 is 11.6 Å². The van der Waals surface area contributed by atoms with Crippen molar-refractivity contribution in [3.05, 3.63) is 63.6 Å². The first-order valence-electron chi connectivity index (χ1n) is 9.95. The summed E-state index contributed by atoms with van der Waals surface area (Å²) in [6.45, 7) is 5.46. The molecule has 1 aliphatic rings. The van der Waals surface area contributed by atoms with Gasteiger partial charge in [-0.1, -0.05) is 31.5 Å². The Morgan fingerprint density at radius 2 is 2.03 bits per heavy atom. The fourth-order valence-electron chi connectivity index (χ4n) is 4.10. The van der Waals surface area contributed by atoms with Crippen LogP contribution in [0.5, 0.6) is 5.75 Å². The van der Waals surface area contributed by atoms with E-state index in [1.807, 2.05) is 0 Å². The van der Waals surface area contributed by atoms with Crippen LogP contribution in [0.3, 0.4) is 0 Å². The molecule has 3 N–H and O–H groups in total. The third-order valence-electron chi connectivity index (χ3n) is 5.62. The number of rotatable bonds is 6. The second-order valence-corrected chi connectivity index (χ2v) is 9.14. The SMILES string of the molecule is Cc1ncccc1/C=C(\N)CC(O)(CC(C)(C)c1cc(Cl)cc2c1OCC2)C(F)(F)F. The Kier molecular flexibility index (Phi) is 6.31. The van der Waals surface area contributed by atoms with E-state index < -0.39 is 30.0 Å². The monoisotopic (exact) mass is 454 g/mol. The van der Waals surface area contributed by atoms with Crippen molar-refractivity contribution in [2.75, 3.05) is 6.61 Å². The Morgan fingerprint density at radius 1 is 1.32 bits per heavy atom. The smallest absolute Gasteiger partial charge is 0.417 e. The minimum absolute atomic E-state index is 0.0840. The van der Waals surface area contributed by atoms with Crippen LogP contribution in [0.4, 0.5) is 13.2 Å². The number of aryl methyl sites for hydroxylation is 1. The van der Waals surface area contributed by atoms with Crippen LogP contribution in [-0.2, 0) is 11.8 Å². The van der Waals surface area contributed by atoms with Crippen molar-refractivity contribution in [3.8, 4) is 5.75 Å². The molecule has 0 saturated carbocycles. The highest BCUT2D eigenvalue weighted by Gasteiger charge is 2.56. The summed E-state index contributed by atoms with van der Waals surface area (Å²) in [4.78, 5) is 4.11. The van der Waals surface area contributed by atoms with Gasteiger partial charge in [0.2, 0.25) is 0 Å². The summed E-state index contributed by atoms with van der Waals surface area (Å²) in [7, 11) is 0. The number of alkyl halides is 3. The van der Waals surface area contributed by atoms with Crippen molar-refractivity contribution in [2.45, 2.75) is 57.2 Å². The zero-order chi connectivity index (χ0) is 23.0. The number of ether oxygens (including phenoxy) is 1. The van der Waals surface area contributed by atoms with E-state index in [9.17, 15) is 18.3 Å². The molecule has 1 unspecified atom stereocenters. The number of halogens is 4. The fraction of sp³-hybridized carbons (Fsp3) is 0.435. The van der Waals surface area contributed by atoms with Crippen LogP contribution < -0.4 is 10.5 Å². The average Bonchev–Trinajstić information content (AvgIpc) is 3.09. The van der Waals surface area contributed by atoms with E-state index >= 15 is 0 Å². The van der Waals surface area contributed by atoms with Gasteiger partial charge in [-0.25, -0.2) is 0 Å². The molecule has 168 valence electrons. The molecule has 0 fully saturated rings. The molecule has 1 aromatic carbocycles. The van der Waals surface area contributed by atoms with E-state index in [0.717, 1.165) is 5.56 Å². The van der Waals surface area contributed by atoms with Crippen molar-refractivity contribution in [1.82, 2.24) is 4.98 Å². The number of hydrogen-bond donors (Lipinski definition) is 2. The lowest BCUT2D eigenvalue weighted by atomic mass is 9.72. The van der Waals surface area contributed by atoms with Gasteiger partial charge in [-0.3, -0.25) is 4.98 Å². The number of hydrogen-bond acceptors (Lipinski definition) is 4. The molecule has 2 heterocycles. The maximum Gasteiger partial charge on any atom is 0.417 e. The zero-order valence-electron chi connectivity index (χ0n) is 17.7. The summed E-state index contributed by atoms with van der Waals surface area (Å²) in [5.41, 5.74) is 4.38. The number of pyridine rings is 1. The van der Waals surface area contributed by atoms with Gasteiger partial charge < -0.3 is 15.6 Å². The van der Waals surface area contributed by atoms with Crippen LogP contribution in [0.25, 0.3) is 6.08 Å². The first-order valence-corrected chi connectivity index (χ1v) is 10.3. The third kappa shape index (κ3) is 4.99. The van der Waals surface area contributed by atoms with Crippen LogP contribution in [-0.4, -0.2) is 28.5 Å². The number of nitrogens with zero attached hydrogens (tertiary/aromatic N) is 1. The highest BCUT2D eigenvalue weighted by molar-refractivity contribution is 6.30. The van der Waals surface area contributed by atoms with E-state index in [1.54, 1.807) is 51.2 Å². The van der Waals surface area contributed by atoms with E-state index in [2.05, 4.69) is 4.98 Å². The lowest BCUT2D eigenvalue weighted by Crippen LogP contribution is -2.50. The number of nitrogens with two attached hydrogens (primary N) is 1. The Labute approximate surface area is 184 Å². The van der Waals surface area contributed by atoms with E-state index in [4.69, 9.17) is 22.1 Å². The highest BCUT2D eigenvalue weighted by Crippen LogP contribution is 2.48. The Hall–Kier alpha value is -2.25. The first-order chi connectivity index (χ1) is 14.3. The predicted molar refractivity (Wildman–Crippen MR) is 115 cm³/mol. The average molecular weight is 455 g/mol. The largest absolute Gasteiger partial charge is 0.493 e. The Bertz CT molecular complexity index is 1000. The van der Waals surface area contributed by atoms with Crippen LogP contribution in [0, 0.1) is 6.92 Å². The van der Waals surface area contributed by atoms with Crippen molar-refractivity contribution in [1.29, 1.82) is 0 Å². The molecule has 0 spiro atoms. The zero-order valence-corrected chi connectivity index (χ0v) is 18.4. The van der Waals surface area contributed by atoms with Gasteiger partial charge >= 0.3 is 6.18 Å². The standard InChI is InChI=1S/C23H26ClF3N2O2/c1-14-15(5-4-7-29-14)10-18(28)12-22(30,23(25,26)27)13-21(2,3)19-11-17(24)9-16-6-8-31-20(16)19/h4-5,7,9-11,30H,6,8,12-13,28H2,1-3H3/b18-10-. The summed E-state index contributed by atoms with van der Waals surface area (Å²) in [6.07, 6.45) is -2.62. The van der Waals surface area contributed by atoms with Gasteiger partial charge in [-0.15, -0.1) is 0 Å². The van der Waals surface area contributed by atoms with Gasteiger partial charge in [0.15, 0.2) is 5.60 Å². The molecule has 1 aliphatic heterocycles. The number of aromatic nitrogens is 1. The van der Waals surface area contributed by atoms with Crippen LogP contribution in [0.2, 0.25) is 5.02 Å². The minimum atomic E-state index is -4.89. The van der Waals surface area contributed by atoms with Crippen molar-refractivity contribution in [3.63, 3.8) is 0 Å². The van der Waals surface area contributed by atoms with Crippen molar-refractivity contribution in [2.24, 2.45) is 5.73 Å².